The Kier molecular flexibility index (Phi) is 2.93. The van der Waals surface area contributed by atoms with E-state index in [1.54, 1.807) is 0 Å². The number of carbonyl (C=O) groups excluding carboxylic acids is 1. The van der Waals surface area contributed by atoms with Crippen molar-refractivity contribution in [2.45, 2.75) is 0 Å². The first-order chi connectivity index (χ1) is 7.66. The molecule has 1 amide bonds. The Balaban J connectivity index is 2.09. The predicted molar refractivity (Wildman–Crippen MR) is 59.1 cm³/mol. The van der Waals surface area contributed by atoms with Crippen LogP contribution in [0.1, 0.15) is 20.2 Å². The Morgan fingerprint density at radius 2 is 2.19 bits per heavy atom. The highest BCUT2D eigenvalue weighted by atomic mass is 32.1. The Morgan fingerprint density at radius 3 is 2.75 bits per heavy atom. The number of aromatic nitrogens is 2. The maximum atomic E-state index is 11.5. The van der Waals surface area contributed by atoms with E-state index >= 15 is 0 Å². The third kappa shape index (κ3) is 2.23. The lowest BCUT2D eigenvalue weighted by atomic mass is 10.4. The van der Waals surface area contributed by atoms with E-state index in [1.807, 2.05) is 0 Å². The summed E-state index contributed by atoms with van der Waals surface area (Å²) < 4.78 is 7.46. The van der Waals surface area contributed by atoms with E-state index in [9.17, 15) is 9.59 Å². The number of amides is 1. The van der Waals surface area contributed by atoms with Gasteiger partial charge >= 0.3 is 5.97 Å². The van der Waals surface area contributed by atoms with Gasteiger partial charge in [-0.3, -0.25) is 4.79 Å². The molecule has 0 aliphatic heterocycles. The van der Waals surface area contributed by atoms with E-state index in [2.05, 4.69) is 14.1 Å². The summed E-state index contributed by atoms with van der Waals surface area (Å²) in [5, 5.41) is 11.7. The molecule has 0 bridgehead atoms. The Labute approximate surface area is 97.9 Å². The van der Waals surface area contributed by atoms with Gasteiger partial charge in [-0.25, -0.2) is 4.79 Å². The predicted octanol–water partition coefficient (Wildman–Crippen LogP) is 1.55. The maximum absolute atomic E-state index is 11.5. The van der Waals surface area contributed by atoms with Crippen LogP contribution in [-0.2, 0) is 0 Å². The summed E-state index contributed by atoms with van der Waals surface area (Å²) in [6.45, 7) is 0. The normalized spacial score (nSPS) is 10.0. The van der Waals surface area contributed by atoms with Gasteiger partial charge in [0.2, 0.25) is 0 Å². The minimum atomic E-state index is -1.01. The highest BCUT2D eigenvalue weighted by molar-refractivity contribution is 7.18. The van der Waals surface area contributed by atoms with E-state index in [1.165, 1.54) is 18.3 Å². The number of nitrogens with one attached hydrogen (secondary N) is 1. The van der Waals surface area contributed by atoms with E-state index in [0.717, 1.165) is 23.1 Å². The second-order valence-corrected chi connectivity index (χ2v) is 4.36. The van der Waals surface area contributed by atoms with Crippen molar-refractivity contribution in [3.05, 3.63) is 28.9 Å². The molecule has 0 atom stereocenters. The van der Waals surface area contributed by atoms with E-state index in [4.69, 9.17) is 5.11 Å². The van der Waals surface area contributed by atoms with Crippen molar-refractivity contribution in [1.82, 2.24) is 8.75 Å². The zero-order valence-electron chi connectivity index (χ0n) is 7.71. The second-order valence-electron chi connectivity index (χ2n) is 2.72. The molecule has 0 aliphatic carbocycles. The van der Waals surface area contributed by atoms with Crippen LogP contribution in [0.4, 0.5) is 5.00 Å². The number of hydrogen-bond donors (Lipinski definition) is 2. The summed E-state index contributed by atoms with van der Waals surface area (Å²) in [6, 6.07) is 2.97. The summed E-state index contributed by atoms with van der Waals surface area (Å²) in [7, 11) is 0. The fourth-order valence-corrected chi connectivity index (χ4v) is 2.11. The van der Waals surface area contributed by atoms with Crippen LogP contribution < -0.4 is 5.32 Å². The van der Waals surface area contributed by atoms with Crippen LogP contribution in [0.15, 0.2) is 18.3 Å². The van der Waals surface area contributed by atoms with Gasteiger partial charge in [-0.2, -0.15) is 8.75 Å². The summed E-state index contributed by atoms with van der Waals surface area (Å²) in [6.07, 6.45) is 1.35. The Hall–Kier alpha value is -1.80. The molecule has 0 unspecified atom stereocenters. The lowest BCUT2D eigenvalue weighted by molar-refractivity contribution is 0.0702. The topological polar surface area (TPSA) is 92.2 Å². The Morgan fingerprint density at radius 1 is 1.38 bits per heavy atom. The van der Waals surface area contributed by atoms with Gasteiger partial charge in [0.15, 0.2) is 5.69 Å². The van der Waals surface area contributed by atoms with Crippen LogP contribution >= 0.6 is 23.1 Å². The molecule has 0 radical (unpaired) electrons. The fraction of sp³-hybridized carbons (Fsp3) is 0. The quantitative estimate of drug-likeness (QED) is 0.868. The van der Waals surface area contributed by atoms with Crippen LogP contribution in [0.2, 0.25) is 0 Å². The summed E-state index contributed by atoms with van der Waals surface area (Å²) in [5.74, 6) is -1.41. The zero-order chi connectivity index (χ0) is 11.5. The molecule has 2 aromatic heterocycles. The molecule has 0 saturated carbocycles. The van der Waals surface area contributed by atoms with Gasteiger partial charge in [0, 0.05) is 0 Å². The zero-order valence-corrected chi connectivity index (χ0v) is 9.34. The standard InChI is InChI=1S/C8H5N3O3S2/c12-7(4-3-9-16-11-4)10-6-2-1-5(15-6)8(13)14/h1-3H,(H,10,12)(H,13,14). The van der Waals surface area contributed by atoms with Gasteiger partial charge in [-0.15, -0.1) is 11.3 Å². The largest absolute Gasteiger partial charge is 0.477 e. The molecule has 0 fully saturated rings. The molecule has 2 aromatic rings. The molecular weight excluding hydrogens is 250 g/mol. The van der Waals surface area contributed by atoms with Gasteiger partial charge in [0.25, 0.3) is 5.91 Å². The van der Waals surface area contributed by atoms with Crippen LogP contribution in [0.25, 0.3) is 0 Å². The van der Waals surface area contributed by atoms with Crippen LogP contribution in [0.3, 0.4) is 0 Å². The monoisotopic (exact) mass is 255 g/mol. The van der Waals surface area contributed by atoms with Crippen molar-refractivity contribution < 1.29 is 14.7 Å². The van der Waals surface area contributed by atoms with Gasteiger partial charge < -0.3 is 10.4 Å². The highest BCUT2D eigenvalue weighted by Crippen LogP contribution is 2.22. The second kappa shape index (κ2) is 4.37. The van der Waals surface area contributed by atoms with Crippen molar-refractivity contribution in [1.29, 1.82) is 0 Å². The minimum absolute atomic E-state index is 0.173. The highest BCUT2D eigenvalue weighted by Gasteiger charge is 2.12. The maximum Gasteiger partial charge on any atom is 0.345 e. The molecular formula is C8H5N3O3S2. The van der Waals surface area contributed by atoms with E-state index < -0.39 is 11.9 Å². The third-order valence-corrected chi connectivity index (χ3v) is 3.11. The minimum Gasteiger partial charge on any atom is -0.477 e. The number of anilines is 1. The molecule has 82 valence electrons. The Bertz CT molecular complexity index is 520. The van der Waals surface area contributed by atoms with Crippen molar-refractivity contribution in [2.75, 3.05) is 5.32 Å². The number of aromatic carboxylic acids is 1. The van der Waals surface area contributed by atoms with E-state index in [0.29, 0.717) is 5.00 Å². The van der Waals surface area contributed by atoms with Gasteiger partial charge in [-0.1, -0.05) is 0 Å². The number of thiophene rings is 1. The SMILES string of the molecule is O=C(Nc1ccc(C(=O)O)s1)c1cnsn1. The molecule has 8 heteroatoms. The molecule has 2 N–H and O–H groups in total. The van der Waals surface area contributed by atoms with Crippen molar-refractivity contribution in [2.24, 2.45) is 0 Å². The smallest absolute Gasteiger partial charge is 0.345 e. The number of nitrogens with zero attached hydrogens (tertiary/aromatic N) is 2. The summed E-state index contributed by atoms with van der Waals surface area (Å²) >= 11 is 1.93. The van der Waals surface area contributed by atoms with Crippen molar-refractivity contribution in [3.63, 3.8) is 0 Å². The number of carboxylic acids is 1. The molecule has 6 nitrogen and oxygen atoms in total. The van der Waals surface area contributed by atoms with Crippen LogP contribution in [-0.4, -0.2) is 25.7 Å². The average molecular weight is 255 g/mol. The lowest BCUT2D eigenvalue weighted by Gasteiger charge is -1.96. The number of carboxylic acid groups (broad SMARTS) is 1. The number of hydrogen-bond acceptors (Lipinski definition) is 6. The molecule has 0 aromatic carbocycles. The third-order valence-electron chi connectivity index (χ3n) is 1.65. The summed E-state index contributed by atoms with van der Waals surface area (Å²) in [4.78, 5) is 22.3. The number of rotatable bonds is 3. The van der Waals surface area contributed by atoms with Crippen molar-refractivity contribution >= 4 is 39.9 Å². The molecule has 0 spiro atoms. The lowest BCUT2D eigenvalue weighted by Crippen LogP contribution is -2.10. The van der Waals surface area contributed by atoms with Gasteiger partial charge in [0.1, 0.15) is 4.88 Å². The van der Waals surface area contributed by atoms with Crippen LogP contribution in [0, 0.1) is 0 Å². The van der Waals surface area contributed by atoms with Gasteiger partial charge in [-0.05, 0) is 12.1 Å². The molecule has 16 heavy (non-hydrogen) atoms. The first-order valence-electron chi connectivity index (χ1n) is 4.09. The fourth-order valence-electron chi connectivity index (χ4n) is 0.961. The average Bonchev–Trinajstić information content (AvgIpc) is 2.87. The number of carbonyl (C=O) groups is 2. The first kappa shape index (κ1) is 10.7. The molecule has 0 saturated heterocycles. The molecule has 2 heterocycles. The molecule has 0 aliphatic rings. The summed E-state index contributed by atoms with van der Waals surface area (Å²) in [5.41, 5.74) is 0.218. The first-order valence-corrected chi connectivity index (χ1v) is 5.63. The van der Waals surface area contributed by atoms with Crippen LogP contribution in [0.5, 0.6) is 0 Å². The molecule has 2 rings (SSSR count). The van der Waals surface area contributed by atoms with E-state index in [-0.39, 0.29) is 10.6 Å². The van der Waals surface area contributed by atoms with Gasteiger partial charge in [0.05, 0.1) is 22.9 Å². The van der Waals surface area contributed by atoms with Crippen molar-refractivity contribution in [3.8, 4) is 0 Å².